The number of benzene rings is 1. The van der Waals surface area contributed by atoms with E-state index in [0.29, 0.717) is 12.1 Å². The molecule has 2 rings (SSSR count). The van der Waals surface area contributed by atoms with E-state index in [1.165, 1.54) is 0 Å². The number of nitrogens with zero attached hydrogens (tertiary/aromatic N) is 1. The van der Waals surface area contributed by atoms with Gasteiger partial charge in [0.2, 0.25) is 11.8 Å². The van der Waals surface area contributed by atoms with E-state index in [1.54, 1.807) is 6.07 Å². The van der Waals surface area contributed by atoms with Gasteiger partial charge in [0.15, 0.2) is 0 Å². The Labute approximate surface area is 111 Å². The Morgan fingerprint density at radius 1 is 1.53 bits per heavy atom. The van der Waals surface area contributed by atoms with Crippen LogP contribution in [-0.2, 0) is 9.59 Å². The Balaban J connectivity index is 2.34. The molecule has 0 bridgehead atoms. The van der Waals surface area contributed by atoms with Crippen molar-refractivity contribution in [2.45, 2.75) is 13.3 Å². The van der Waals surface area contributed by atoms with Crippen LogP contribution >= 0.6 is 0 Å². The van der Waals surface area contributed by atoms with Crippen LogP contribution in [0.4, 0.5) is 5.69 Å². The molecule has 4 N–H and O–H groups in total. The first-order valence-corrected chi connectivity index (χ1v) is 6.07. The fourth-order valence-electron chi connectivity index (χ4n) is 2.00. The second-order valence-electron chi connectivity index (χ2n) is 4.44. The van der Waals surface area contributed by atoms with Crippen LogP contribution in [0.15, 0.2) is 29.4 Å². The summed E-state index contributed by atoms with van der Waals surface area (Å²) in [4.78, 5) is 22.7. The topological polar surface area (TPSA) is 96.6 Å². The lowest BCUT2D eigenvalue weighted by molar-refractivity contribution is -0.122. The molecule has 1 aliphatic heterocycles. The van der Waals surface area contributed by atoms with E-state index in [-0.39, 0.29) is 24.3 Å². The van der Waals surface area contributed by atoms with Crippen molar-refractivity contribution < 1.29 is 9.59 Å². The number of para-hydroxylation sites is 1. The summed E-state index contributed by atoms with van der Waals surface area (Å²) in [5.41, 5.74) is 9.97. The Morgan fingerprint density at radius 3 is 2.95 bits per heavy atom. The van der Waals surface area contributed by atoms with Crippen molar-refractivity contribution in [2.24, 2.45) is 16.8 Å². The maximum atomic E-state index is 11.4. The van der Waals surface area contributed by atoms with Crippen LogP contribution < -0.4 is 16.5 Å². The summed E-state index contributed by atoms with van der Waals surface area (Å²) in [6.45, 7) is 1.85. The van der Waals surface area contributed by atoms with Gasteiger partial charge in [0.1, 0.15) is 0 Å². The number of carbonyl (C=O) groups is 2. The summed E-state index contributed by atoms with van der Waals surface area (Å²) in [6, 6.07) is 7.33. The molecular weight excluding hydrogens is 244 g/mol. The number of anilines is 1. The molecule has 1 aromatic carbocycles. The minimum absolute atomic E-state index is 0.00433. The molecular formula is C13H16N4O2. The number of carbonyl (C=O) groups excluding carboxylic acids is 2. The van der Waals surface area contributed by atoms with Gasteiger partial charge in [-0.05, 0) is 6.07 Å². The molecule has 19 heavy (non-hydrogen) atoms. The van der Waals surface area contributed by atoms with Crippen LogP contribution in [0.5, 0.6) is 0 Å². The average molecular weight is 260 g/mol. The number of hydrogen-bond acceptors (Lipinski definition) is 4. The molecule has 0 spiro atoms. The van der Waals surface area contributed by atoms with Gasteiger partial charge in [-0.15, -0.1) is 0 Å². The van der Waals surface area contributed by atoms with Crippen molar-refractivity contribution in [1.29, 1.82) is 0 Å². The largest absolute Gasteiger partial charge is 0.324 e. The van der Waals surface area contributed by atoms with E-state index in [9.17, 15) is 9.59 Å². The first-order chi connectivity index (χ1) is 9.11. The highest BCUT2D eigenvalue weighted by molar-refractivity contribution is 6.11. The number of hydrogen-bond donors (Lipinski definition) is 3. The van der Waals surface area contributed by atoms with Gasteiger partial charge in [0, 0.05) is 23.6 Å². The van der Waals surface area contributed by atoms with E-state index in [4.69, 9.17) is 5.73 Å². The summed E-state index contributed by atoms with van der Waals surface area (Å²) < 4.78 is 0. The van der Waals surface area contributed by atoms with Gasteiger partial charge in [-0.25, -0.2) is 5.43 Å². The maximum Gasteiger partial charge on any atom is 0.240 e. The third-order valence-corrected chi connectivity index (χ3v) is 2.92. The molecule has 1 aromatic rings. The molecule has 0 saturated carbocycles. The fraction of sp³-hybridized carbons (Fsp3) is 0.308. The van der Waals surface area contributed by atoms with E-state index >= 15 is 0 Å². The molecule has 6 heteroatoms. The second kappa shape index (κ2) is 5.62. The minimum Gasteiger partial charge on any atom is -0.324 e. The van der Waals surface area contributed by atoms with Crippen molar-refractivity contribution >= 4 is 23.2 Å². The standard InChI is InChI=1S/C13H16N4O2/c1-8-6-11(18)16-17-13(8)9-4-2-3-5-10(9)15-12(19)7-14/h2-5,8H,6-7,14H2,1H3,(H,15,19)(H,16,18). The average Bonchev–Trinajstić information content (AvgIpc) is 2.40. The smallest absolute Gasteiger partial charge is 0.240 e. The summed E-state index contributed by atoms with van der Waals surface area (Å²) in [6.07, 6.45) is 0.387. The lowest BCUT2D eigenvalue weighted by Gasteiger charge is -2.21. The Hall–Kier alpha value is -2.21. The summed E-state index contributed by atoms with van der Waals surface area (Å²) in [5, 5.41) is 6.82. The van der Waals surface area contributed by atoms with Crippen LogP contribution in [0.3, 0.4) is 0 Å². The van der Waals surface area contributed by atoms with Crippen LogP contribution in [0.25, 0.3) is 0 Å². The van der Waals surface area contributed by atoms with Crippen molar-refractivity contribution in [3.05, 3.63) is 29.8 Å². The Kier molecular flexibility index (Phi) is 3.91. The molecule has 0 aromatic heterocycles. The number of hydrazone groups is 1. The number of nitrogens with one attached hydrogen (secondary N) is 2. The Morgan fingerprint density at radius 2 is 2.26 bits per heavy atom. The van der Waals surface area contributed by atoms with Gasteiger partial charge in [-0.2, -0.15) is 5.10 Å². The Bertz CT molecular complexity index is 539. The normalized spacial score (nSPS) is 18.5. The van der Waals surface area contributed by atoms with E-state index < -0.39 is 0 Å². The molecule has 1 unspecified atom stereocenters. The zero-order valence-corrected chi connectivity index (χ0v) is 10.6. The van der Waals surface area contributed by atoms with Crippen molar-refractivity contribution in [3.63, 3.8) is 0 Å². The van der Waals surface area contributed by atoms with Gasteiger partial charge in [-0.1, -0.05) is 25.1 Å². The predicted molar refractivity (Wildman–Crippen MR) is 72.6 cm³/mol. The molecule has 100 valence electrons. The van der Waals surface area contributed by atoms with E-state index in [2.05, 4.69) is 15.8 Å². The molecule has 1 atom stereocenters. The SMILES string of the molecule is CC1CC(=O)NN=C1c1ccccc1NC(=O)CN. The summed E-state index contributed by atoms with van der Waals surface area (Å²) in [7, 11) is 0. The molecule has 1 heterocycles. The third-order valence-electron chi connectivity index (χ3n) is 2.92. The highest BCUT2D eigenvalue weighted by Gasteiger charge is 2.23. The monoisotopic (exact) mass is 260 g/mol. The lowest BCUT2D eigenvalue weighted by atomic mass is 9.93. The van der Waals surface area contributed by atoms with E-state index in [1.807, 2.05) is 25.1 Å². The van der Waals surface area contributed by atoms with Gasteiger partial charge >= 0.3 is 0 Å². The molecule has 0 saturated heterocycles. The highest BCUT2D eigenvalue weighted by Crippen LogP contribution is 2.22. The molecule has 2 amide bonds. The summed E-state index contributed by atoms with van der Waals surface area (Å²) in [5.74, 6) is -0.357. The number of nitrogens with two attached hydrogens (primary N) is 1. The van der Waals surface area contributed by atoms with Gasteiger partial charge < -0.3 is 11.1 Å². The van der Waals surface area contributed by atoms with Crippen molar-refractivity contribution in [2.75, 3.05) is 11.9 Å². The second-order valence-corrected chi connectivity index (χ2v) is 4.44. The van der Waals surface area contributed by atoms with E-state index in [0.717, 1.165) is 11.3 Å². The number of rotatable bonds is 3. The molecule has 0 fully saturated rings. The van der Waals surface area contributed by atoms with Crippen molar-refractivity contribution in [3.8, 4) is 0 Å². The number of amides is 2. The first-order valence-electron chi connectivity index (χ1n) is 6.07. The van der Waals surface area contributed by atoms with Crippen LogP contribution in [0.2, 0.25) is 0 Å². The van der Waals surface area contributed by atoms with Crippen molar-refractivity contribution in [1.82, 2.24) is 5.43 Å². The lowest BCUT2D eigenvalue weighted by Crippen LogP contribution is -2.32. The molecule has 6 nitrogen and oxygen atoms in total. The maximum absolute atomic E-state index is 11.4. The van der Waals surface area contributed by atoms with Gasteiger partial charge in [0.05, 0.1) is 12.3 Å². The zero-order valence-electron chi connectivity index (χ0n) is 10.6. The molecule has 1 aliphatic rings. The quantitative estimate of drug-likeness (QED) is 0.735. The summed E-state index contributed by atoms with van der Waals surface area (Å²) >= 11 is 0. The van der Waals surface area contributed by atoms with Crippen LogP contribution in [0, 0.1) is 5.92 Å². The van der Waals surface area contributed by atoms with Gasteiger partial charge in [0.25, 0.3) is 0 Å². The van der Waals surface area contributed by atoms with Crippen LogP contribution in [0.1, 0.15) is 18.9 Å². The van der Waals surface area contributed by atoms with Gasteiger partial charge in [-0.3, -0.25) is 9.59 Å². The third kappa shape index (κ3) is 2.97. The minimum atomic E-state index is -0.263. The molecule has 0 radical (unpaired) electrons. The first kappa shape index (κ1) is 13.2. The van der Waals surface area contributed by atoms with Crippen LogP contribution in [-0.4, -0.2) is 24.1 Å². The zero-order chi connectivity index (χ0) is 13.8. The molecule has 0 aliphatic carbocycles. The highest BCUT2D eigenvalue weighted by atomic mass is 16.2. The predicted octanol–water partition coefficient (Wildman–Crippen LogP) is 0.444. The fourth-order valence-corrected chi connectivity index (χ4v) is 2.00.